The molecule has 0 aliphatic heterocycles. The third-order valence-electron chi connectivity index (χ3n) is 3.60. The first kappa shape index (κ1) is 16.3. The zero-order valence-corrected chi connectivity index (χ0v) is 13.7. The Morgan fingerprint density at radius 1 is 1.08 bits per heavy atom. The molecule has 0 bridgehead atoms. The number of nitrogens with one attached hydrogen (secondary N) is 2. The van der Waals surface area contributed by atoms with Gasteiger partial charge in [-0.1, -0.05) is 30.3 Å². The summed E-state index contributed by atoms with van der Waals surface area (Å²) in [6.07, 6.45) is 1.66. The molecule has 2 aromatic carbocycles. The van der Waals surface area contributed by atoms with Crippen molar-refractivity contribution in [2.45, 2.75) is 6.54 Å². The topological polar surface area (TPSA) is 82.9 Å². The fourth-order valence-corrected chi connectivity index (χ4v) is 2.36. The van der Waals surface area contributed by atoms with Gasteiger partial charge in [0.1, 0.15) is 17.6 Å². The van der Waals surface area contributed by atoms with Crippen molar-refractivity contribution in [1.82, 2.24) is 9.97 Å². The second-order valence-electron chi connectivity index (χ2n) is 5.21. The number of hydrogen-bond donors (Lipinski definition) is 2. The molecule has 3 rings (SSSR count). The molecule has 25 heavy (non-hydrogen) atoms. The number of ether oxygens (including phenoxy) is 1. The predicted octanol–water partition coefficient (Wildman–Crippen LogP) is 3.71. The van der Waals surface area contributed by atoms with E-state index in [2.05, 4.69) is 26.7 Å². The minimum absolute atomic E-state index is 0.424. The second-order valence-corrected chi connectivity index (χ2v) is 5.21. The van der Waals surface area contributed by atoms with Crippen molar-refractivity contribution < 1.29 is 4.74 Å². The van der Waals surface area contributed by atoms with Crippen LogP contribution in [0.4, 0.5) is 17.5 Å². The molecule has 1 aromatic heterocycles. The molecule has 6 nitrogen and oxygen atoms in total. The molecule has 6 heteroatoms. The fourth-order valence-electron chi connectivity index (χ4n) is 2.36. The smallest absolute Gasteiger partial charge is 0.229 e. The van der Waals surface area contributed by atoms with E-state index in [9.17, 15) is 0 Å². The minimum atomic E-state index is 0.424. The average molecular weight is 331 g/mol. The normalized spacial score (nSPS) is 9.92. The first-order chi connectivity index (χ1) is 12.3. The number of nitrogens with zero attached hydrogens (tertiary/aromatic N) is 3. The van der Waals surface area contributed by atoms with E-state index in [4.69, 9.17) is 10.00 Å². The molecule has 0 aliphatic rings. The van der Waals surface area contributed by atoms with Gasteiger partial charge >= 0.3 is 0 Å². The van der Waals surface area contributed by atoms with Crippen LogP contribution in [0.2, 0.25) is 0 Å². The molecule has 3 aromatic rings. The number of methoxy groups -OCH3 is 1. The van der Waals surface area contributed by atoms with E-state index in [0.29, 0.717) is 29.6 Å². The quantitative estimate of drug-likeness (QED) is 0.716. The first-order valence-electron chi connectivity index (χ1n) is 7.75. The summed E-state index contributed by atoms with van der Waals surface area (Å²) in [6, 6.07) is 19.0. The summed E-state index contributed by atoms with van der Waals surface area (Å²) in [5.74, 6) is 1.93. The van der Waals surface area contributed by atoms with Crippen molar-refractivity contribution in [3.8, 4) is 11.8 Å². The van der Waals surface area contributed by atoms with Crippen molar-refractivity contribution in [3.63, 3.8) is 0 Å². The maximum absolute atomic E-state index is 9.16. The summed E-state index contributed by atoms with van der Waals surface area (Å²) in [5.41, 5.74) is 2.25. The Labute approximate surface area is 146 Å². The lowest BCUT2D eigenvalue weighted by Gasteiger charge is -2.11. The molecular formula is C19H17N5O. The van der Waals surface area contributed by atoms with Crippen LogP contribution in [0.5, 0.6) is 5.75 Å². The number of anilines is 3. The number of hydrogen-bond acceptors (Lipinski definition) is 6. The molecule has 0 fully saturated rings. The largest absolute Gasteiger partial charge is 0.496 e. The van der Waals surface area contributed by atoms with Gasteiger partial charge in [0.25, 0.3) is 0 Å². The van der Waals surface area contributed by atoms with Gasteiger partial charge in [-0.15, -0.1) is 0 Å². The monoisotopic (exact) mass is 331 g/mol. The van der Waals surface area contributed by atoms with Crippen LogP contribution < -0.4 is 15.4 Å². The van der Waals surface area contributed by atoms with Gasteiger partial charge in [-0.05, 0) is 24.3 Å². The van der Waals surface area contributed by atoms with Crippen LogP contribution in [0.3, 0.4) is 0 Å². The van der Waals surface area contributed by atoms with Crippen LogP contribution in [0.25, 0.3) is 0 Å². The third-order valence-corrected chi connectivity index (χ3v) is 3.60. The van der Waals surface area contributed by atoms with E-state index in [0.717, 1.165) is 11.3 Å². The molecule has 0 atom stereocenters. The minimum Gasteiger partial charge on any atom is -0.496 e. The standard InChI is InChI=1S/C19H17N5O/c1-25-17-9-5-3-7-15(17)13-22-18-10-11-21-19(24-18)23-16-8-4-2-6-14(16)12-20/h2-11H,13H2,1H3,(H2,21,22,23,24). The summed E-state index contributed by atoms with van der Waals surface area (Å²) in [6.45, 7) is 0.579. The molecule has 0 amide bonds. The summed E-state index contributed by atoms with van der Waals surface area (Å²) in [5, 5.41) is 15.5. The summed E-state index contributed by atoms with van der Waals surface area (Å²) < 4.78 is 5.35. The molecule has 0 spiro atoms. The van der Waals surface area contributed by atoms with E-state index >= 15 is 0 Å². The van der Waals surface area contributed by atoms with E-state index in [1.165, 1.54) is 0 Å². The number of rotatable bonds is 6. The van der Waals surface area contributed by atoms with Gasteiger partial charge in [0.2, 0.25) is 5.95 Å². The number of para-hydroxylation sites is 2. The van der Waals surface area contributed by atoms with Crippen LogP contribution in [0, 0.1) is 11.3 Å². The van der Waals surface area contributed by atoms with Gasteiger partial charge in [-0.3, -0.25) is 0 Å². The molecular weight excluding hydrogens is 314 g/mol. The Hall–Kier alpha value is -3.59. The van der Waals surface area contributed by atoms with Gasteiger partial charge in [0, 0.05) is 18.3 Å². The zero-order valence-electron chi connectivity index (χ0n) is 13.7. The van der Waals surface area contributed by atoms with Crippen molar-refractivity contribution in [2.24, 2.45) is 0 Å². The zero-order chi connectivity index (χ0) is 17.5. The van der Waals surface area contributed by atoms with Crippen molar-refractivity contribution in [2.75, 3.05) is 17.7 Å². The molecule has 0 saturated heterocycles. The van der Waals surface area contributed by atoms with E-state index in [1.54, 1.807) is 25.4 Å². The van der Waals surface area contributed by atoms with Crippen LogP contribution in [0.15, 0.2) is 60.8 Å². The van der Waals surface area contributed by atoms with Crippen molar-refractivity contribution in [3.05, 3.63) is 71.9 Å². The summed E-state index contributed by atoms with van der Waals surface area (Å²) >= 11 is 0. The molecule has 0 radical (unpaired) electrons. The average Bonchev–Trinajstić information content (AvgIpc) is 2.67. The number of nitriles is 1. The van der Waals surface area contributed by atoms with Gasteiger partial charge in [-0.2, -0.15) is 10.2 Å². The fraction of sp³-hybridized carbons (Fsp3) is 0.105. The lowest BCUT2D eigenvalue weighted by Crippen LogP contribution is -2.05. The highest BCUT2D eigenvalue weighted by atomic mass is 16.5. The van der Waals surface area contributed by atoms with Crippen LogP contribution in [0.1, 0.15) is 11.1 Å². The highest BCUT2D eigenvalue weighted by Gasteiger charge is 2.05. The molecule has 0 saturated carbocycles. The van der Waals surface area contributed by atoms with Crippen LogP contribution >= 0.6 is 0 Å². The number of aromatic nitrogens is 2. The third kappa shape index (κ3) is 4.03. The van der Waals surface area contributed by atoms with Crippen LogP contribution in [-0.4, -0.2) is 17.1 Å². The van der Waals surface area contributed by atoms with E-state index in [-0.39, 0.29) is 0 Å². The highest BCUT2D eigenvalue weighted by Crippen LogP contribution is 2.20. The van der Waals surface area contributed by atoms with Crippen LogP contribution in [-0.2, 0) is 6.54 Å². The van der Waals surface area contributed by atoms with Gasteiger partial charge < -0.3 is 15.4 Å². The van der Waals surface area contributed by atoms with E-state index in [1.807, 2.05) is 42.5 Å². The molecule has 2 N–H and O–H groups in total. The Morgan fingerprint density at radius 2 is 1.88 bits per heavy atom. The Morgan fingerprint density at radius 3 is 2.72 bits per heavy atom. The van der Waals surface area contributed by atoms with Crippen molar-refractivity contribution in [1.29, 1.82) is 5.26 Å². The first-order valence-corrected chi connectivity index (χ1v) is 7.75. The molecule has 124 valence electrons. The van der Waals surface area contributed by atoms with Crippen molar-refractivity contribution >= 4 is 17.5 Å². The number of benzene rings is 2. The molecule has 0 unspecified atom stereocenters. The van der Waals surface area contributed by atoms with E-state index < -0.39 is 0 Å². The summed E-state index contributed by atoms with van der Waals surface area (Å²) in [4.78, 5) is 8.63. The lowest BCUT2D eigenvalue weighted by molar-refractivity contribution is 0.410. The predicted molar refractivity (Wildman–Crippen MR) is 96.8 cm³/mol. The Kier molecular flexibility index (Phi) is 5.07. The summed E-state index contributed by atoms with van der Waals surface area (Å²) in [7, 11) is 1.65. The second kappa shape index (κ2) is 7.79. The molecule has 0 aliphatic carbocycles. The lowest BCUT2D eigenvalue weighted by atomic mass is 10.2. The molecule has 1 heterocycles. The highest BCUT2D eigenvalue weighted by molar-refractivity contribution is 5.63. The SMILES string of the molecule is COc1ccccc1CNc1ccnc(Nc2ccccc2C#N)n1. The maximum atomic E-state index is 9.16. The van der Waals surface area contributed by atoms with Gasteiger partial charge in [-0.25, -0.2) is 4.98 Å². The maximum Gasteiger partial charge on any atom is 0.229 e. The van der Waals surface area contributed by atoms with Gasteiger partial charge in [0.05, 0.1) is 18.4 Å². The Bertz CT molecular complexity index is 904. The Balaban J connectivity index is 1.72. The van der Waals surface area contributed by atoms with Gasteiger partial charge in [0.15, 0.2) is 0 Å².